The van der Waals surface area contributed by atoms with Gasteiger partial charge in [0.15, 0.2) is 0 Å². The number of nitrogens with zero attached hydrogens (tertiary/aromatic N) is 2. The van der Waals surface area contributed by atoms with Crippen LogP contribution in [0.2, 0.25) is 0 Å². The van der Waals surface area contributed by atoms with Crippen LogP contribution >= 0.6 is 15.9 Å². The molecule has 3 nitrogen and oxygen atoms in total. The molecule has 1 aromatic heterocycles. The summed E-state index contributed by atoms with van der Waals surface area (Å²) in [6.45, 7) is 6.08. The highest BCUT2D eigenvalue weighted by molar-refractivity contribution is 9.10. The molecular weight excluding hydrogens is 290 g/mol. The summed E-state index contributed by atoms with van der Waals surface area (Å²) in [6.07, 6.45) is 4.01. The van der Waals surface area contributed by atoms with Gasteiger partial charge < -0.3 is 9.88 Å². The summed E-state index contributed by atoms with van der Waals surface area (Å²) < 4.78 is 3.26. The van der Waals surface area contributed by atoms with E-state index in [1.165, 1.54) is 5.56 Å². The van der Waals surface area contributed by atoms with E-state index in [0.717, 1.165) is 23.3 Å². The van der Waals surface area contributed by atoms with Gasteiger partial charge in [-0.25, -0.2) is 4.98 Å². The number of imidazole rings is 1. The topological polar surface area (TPSA) is 29.9 Å². The minimum Gasteiger partial charge on any atom is -0.330 e. The maximum Gasteiger partial charge on any atom is 0.0955 e. The zero-order chi connectivity index (χ0) is 13.0. The van der Waals surface area contributed by atoms with Crippen molar-refractivity contribution >= 4 is 15.9 Å². The normalized spacial score (nSPS) is 12.6. The number of hydrogen-bond donors (Lipinski definition) is 1. The van der Waals surface area contributed by atoms with E-state index in [0.29, 0.717) is 6.04 Å². The number of halogens is 1. The summed E-state index contributed by atoms with van der Waals surface area (Å²) >= 11 is 3.46. The Labute approximate surface area is 116 Å². The van der Waals surface area contributed by atoms with E-state index in [1.54, 1.807) is 0 Å². The molecule has 0 saturated heterocycles. The van der Waals surface area contributed by atoms with E-state index < -0.39 is 0 Å². The van der Waals surface area contributed by atoms with Crippen LogP contribution in [0.3, 0.4) is 0 Å². The molecule has 1 atom stereocenters. The molecule has 0 radical (unpaired) electrons. The Bertz CT molecular complexity index is 490. The van der Waals surface area contributed by atoms with Gasteiger partial charge in [-0.05, 0) is 31.2 Å². The second-order valence-electron chi connectivity index (χ2n) is 4.32. The van der Waals surface area contributed by atoms with E-state index in [1.807, 2.05) is 6.33 Å². The summed E-state index contributed by atoms with van der Waals surface area (Å²) in [7, 11) is 0. The predicted octanol–water partition coefficient (Wildman–Crippen LogP) is 3.36. The van der Waals surface area contributed by atoms with Crippen LogP contribution in [0.15, 0.2) is 41.3 Å². The third-order valence-corrected chi connectivity index (χ3v) is 3.54. The minimum atomic E-state index is 0.306. The van der Waals surface area contributed by atoms with Crippen molar-refractivity contribution in [1.82, 2.24) is 14.9 Å². The molecule has 4 heteroatoms. The predicted molar refractivity (Wildman–Crippen MR) is 77.6 cm³/mol. The Hall–Kier alpha value is -1.13. The fourth-order valence-corrected chi connectivity index (χ4v) is 2.11. The molecule has 1 aromatic carbocycles. The summed E-state index contributed by atoms with van der Waals surface area (Å²) in [4.78, 5) is 4.41. The Morgan fingerprint density at radius 2 is 2.06 bits per heavy atom. The van der Waals surface area contributed by atoms with Crippen LogP contribution in [-0.4, -0.2) is 16.1 Å². The highest BCUT2D eigenvalue weighted by atomic mass is 79.9. The molecule has 2 aromatic rings. The van der Waals surface area contributed by atoms with E-state index in [2.05, 4.69) is 75.1 Å². The fourth-order valence-electron chi connectivity index (χ4n) is 1.85. The van der Waals surface area contributed by atoms with Gasteiger partial charge in [0, 0.05) is 17.2 Å². The number of rotatable bonds is 5. The van der Waals surface area contributed by atoms with Gasteiger partial charge in [0.05, 0.1) is 18.1 Å². The van der Waals surface area contributed by atoms with Crippen LogP contribution < -0.4 is 5.32 Å². The largest absolute Gasteiger partial charge is 0.330 e. The zero-order valence-electron chi connectivity index (χ0n) is 10.7. The van der Waals surface area contributed by atoms with Crippen LogP contribution in [0.4, 0.5) is 0 Å². The van der Waals surface area contributed by atoms with Crippen LogP contribution in [0.5, 0.6) is 0 Å². The SMILES string of the molecule is CCNCc1cn(C(C)c2ccc(Br)cc2)cn1. The molecule has 18 heavy (non-hydrogen) atoms. The lowest BCUT2D eigenvalue weighted by atomic mass is 10.1. The van der Waals surface area contributed by atoms with E-state index in [-0.39, 0.29) is 0 Å². The molecule has 1 unspecified atom stereocenters. The van der Waals surface area contributed by atoms with E-state index in [9.17, 15) is 0 Å². The Morgan fingerprint density at radius 1 is 1.33 bits per heavy atom. The Morgan fingerprint density at radius 3 is 2.72 bits per heavy atom. The summed E-state index contributed by atoms with van der Waals surface area (Å²) in [5, 5.41) is 3.28. The second kappa shape index (κ2) is 6.16. The average molecular weight is 308 g/mol. The molecule has 0 aliphatic heterocycles. The zero-order valence-corrected chi connectivity index (χ0v) is 12.3. The number of hydrogen-bond acceptors (Lipinski definition) is 2. The lowest BCUT2D eigenvalue weighted by Crippen LogP contribution is -2.12. The Balaban J connectivity index is 2.10. The smallest absolute Gasteiger partial charge is 0.0955 e. The third-order valence-electron chi connectivity index (χ3n) is 3.01. The first-order chi connectivity index (χ1) is 8.70. The summed E-state index contributed by atoms with van der Waals surface area (Å²) in [5.74, 6) is 0. The quantitative estimate of drug-likeness (QED) is 0.918. The lowest BCUT2D eigenvalue weighted by Gasteiger charge is -2.13. The fraction of sp³-hybridized carbons (Fsp3) is 0.357. The van der Waals surface area contributed by atoms with Crippen LogP contribution in [0.1, 0.15) is 31.1 Å². The molecule has 0 spiro atoms. The van der Waals surface area contributed by atoms with Crippen molar-refractivity contribution in [1.29, 1.82) is 0 Å². The maximum atomic E-state index is 4.41. The molecule has 1 N–H and O–H groups in total. The average Bonchev–Trinajstić information content (AvgIpc) is 2.85. The van der Waals surface area contributed by atoms with Crippen molar-refractivity contribution in [2.75, 3.05) is 6.54 Å². The van der Waals surface area contributed by atoms with Crippen LogP contribution in [-0.2, 0) is 6.54 Å². The monoisotopic (exact) mass is 307 g/mol. The van der Waals surface area contributed by atoms with Crippen molar-refractivity contribution in [3.05, 3.63) is 52.5 Å². The maximum absolute atomic E-state index is 4.41. The van der Waals surface area contributed by atoms with Gasteiger partial charge in [-0.15, -0.1) is 0 Å². The molecule has 0 amide bonds. The molecular formula is C14H18BrN3. The molecule has 0 aliphatic rings. The van der Waals surface area contributed by atoms with Crippen molar-refractivity contribution < 1.29 is 0 Å². The number of benzene rings is 1. The first kappa shape index (κ1) is 13.3. The van der Waals surface area contributed by atoms with Crippen LogP contribution in [0.25, 0.3) is 0 Å². The molecule has 2 rings (SSSR count). The lowest BCUT2D eigenvalue weighted by molar-refractivity contribution is 0.636. The van der Waals surface area contributed by atoms with Gasteiger partial charge in [0.1, 0.15) is 0 Å². The van der Waals surface area contributed by atoms with Crippen molar-refractivity contribution in [3.63, 3.8) is 0 Å². The van der Waals surface area contributed by atoms with E-state index >= 15 is 0 Å². The first-order valence-corrected chi connectivity index (χ1v) is 6.98. The van der Waals surface area contributed by atoms with Gasteiger partial charge in [0.2, 0.25) is 0 Å². The molecule has 96 valence electrons. The van der Waals surface area contributed by atoms with Crippen molar-refractivity contribution in [2.45, 2.75) is 26.4 Å². The van der Waals surface area contributed by atoms with Gasteiger partial charge >= 0.3 is 0 Å². The summed E-state index contributed by atoms with van der Waals surface area (Å²) in [6, 6.07) is 8.73. The first-order valence-electron chi connectivity index (χ1n) is 6.19. The van der Waals surface area contributed by atoms with Crippen molar-refractivity contribution in [3.8, 4) is 0 Å². The highest BCUT2D eigenvalue weighted by Gasteiger charge is 2.08. The number of nitrogens with one attached hydrogen (secondary N) is 1. The second-order valence-corrected chi connectivity index (χ2v) is 5.24. The van der Waals surface area contributed by atoms with Gasteiger partial charge in [0.25, 0.3) is 0 Å². The number of aromatic nitrogens is 2. The standard InChI is InChI=1S/C14H18BrN3/c1-3-16-8-14-9-18(10-17-14)11(2)12-4-6-13(15)7-5-12/h4-7,9-11,16H,3,8H2,1-2H3. The van der Waals surface area contributed by atoms with Gasteiger partial charge in [-0.3, -0.25) is 0 Å². The molecule has 0 aliphatic carbocycles. The highest BCUT2D eigenvalue weighted by Crippen LogP contribution is 2.20. The molecule has 0 bridgehead atoms. The Kier molecular flexibility index (Phi) is 4.55. The molecule has 0 saturated carbocycles. The molecule has 1 heterocycles. The minimum absolute atomic E-state index is 0.306. The van der Waals surface area contributed by atoms with Gasteiger partial charge in [-0.1, -0.05) is 35.0 Å². The van der Waals surface area contributed by atoms with Crippen molar-refractivity contribution in [2.24, 2.45) is 0 Å². The van der Waals surface area contributed by atoms with Crippen LogP contribution in [0, 0.1) is 0 Å². The molecule has 0 fully saturated rings. The van der Waals surface area contributed by atoms with Gasteiger partial charge in [-0.2, -0.15) is 0 Å². The third kappa shape index (κ3) is 3.21. The summed E-state index contributed by atoms with van der Waals surface area (Å²) in [5.41, 5.74) is 2.37. The van der Waals surface area contributed by atoms with E-state index in [4.69, 9.17) is 0 Å².